The second-order valence-electron chi connectivity index (χ2n) is 7.77. The Morgan fingerprint density at radius 2 is 1.44 bits per heavy atom. The van der Waals surface area contributed by atoms with Crippen LogP contribution in [-0.2, 0) is 17.6 Å². The van der Waals surface area contributed by atoms with Crippen molar-refractivity contribution in [1.29, 1.82) is 0 Å². The minimum Gasteiger partial charge on any atom is -0.338 e. The highest BCUT2D eigenvalue weighted by Crippen LogP contribution is 2.27. The van der Waals surface area contributed by atoms with Crippen LogP contribution in [0.15, 0.2) is 23.1 Å². The molecule has 0 spiro atoms. The number of benzene rings is 1. The molecule has 0 radical (unpaired) electrons. The van der Waals surface area contributed by atoms with Gasteiger partial charge in [-0.25, -0.2) is 4.79 Å². The van der Waals surface area contributed by atoms with Gasteiger partial charge in [-0.2, -0.15) is 0 Å². The van der Waals surface area contributed by atoms with E-state index in [2.05, 4.69) is 18.2 Å². The molecule has 0 atom stereocenters. The van der Waals surface area contributed by atoms with Crippen LogP contribution < -0.4 is 0 Å². The number of piperazine rings is 1. The third-order valence-corrected chi connectivity index (χ3v) is 6.94. The summed E-state index contributed by atoms with van der Waals surface area (Å²) in [5.74, 6) is 0.671. The van der Waals surface area contributed by atoms with Gasteiger partial charge in [0.15, 0.2) is 0 Å². The maximum atomic E-state index is 12.6. The van der Waals surface area contributed by atoms with Gasteiger partial charge < -0.3 is 14.7 Å². The van der Waals surface area contributed by atoms with Crippen LogP contribution in [0.1, 0.15) is 36.8 Å². The van der Waals surface area contributed by atoms with Crippen molar-refractivity contribution in [3.8, 4) is 0 Å². The van der Waals surface area contributed by atoms with E-state index in [0.717, 1.165) is 25.9 Å². The third-order valence-electron chi connectivity index (χ3n) is 5.96. The number of likely N-dealkylation sites (tertiary alicyclic amines) is 1. The highest BCUT2D eigenvalue weighted by molar-refractivity contribution is 8.00. The fraction of sp³-hybridized carbons (Fsp3) is 0.619. The molecule has 2 fully saturated rings. The first kappa shape index (κ1) is 18.7. The zero-order chi connectivity index (χ0) is 18.6. The Hall–Kier alpha value is -1.69. The molecule has 2 saturated heterocycles. The zero-order valence-electron chi connectivity index (χ0n) is 16.0. The van der Waals surface area contributed by atoms with Crippen LogP contribution in [0.4, 0.5) is 4.79 Å². The number of rotatable bonds is 3. The normalized spacial score (nSPS) is 19.9. The van der Waals surface area contributed by atoms with Gasteiger partial charge >= 0.3 is 6.03 Å². The Bertz CT molecular complexity index is 695. The maximum absolute atomic E-state index is 12.6. The lowest BCUT2D eigenvalue weighted by molar-refractivity contribution is -0.129. The van der Waals surface area contributed by atoms with Crippen molar-refractivity contribution in [2.24, 2.45) is 0 Å². The van der Waals surface area contributed by atoms with Gasteiger partial charge in [0.05, 0.1) is 5.75 Å². The van der Waals surface area contributed by atoms with E-state index < -0.39 is 0 Å². The van der Waals surface area contributed by atoms with Crippen molar-refractivity contribution >= 4 is 23.7 Å². The molecule has 2 aliphatic heterocycles. The van der Waals surface area contributed by atoms with Crippen LogP contribution >= 0.6 is 11.8 Å². The van der Waals surface area contributed by atoms with Crippen molar-refractivity contribution < 1.29 is 9.59 Å². The predicted octanol–water partition coefficient (Wildman–Crippen LogP) is 3.02. The summed E-state index contributed by atoms with van der Waals surface area (Å²) < 4.78 is 0. The number of piperidine rings is 1. The van der Waals surface area contributed by atoms with Gasteiger partial charge in [-0.3, -0.25) is 4.79 Å². The highest BCUT2D eigenvalue weighted by atomic mass is 32.2. The van der Waals surface area contributed by atoms with Gasteiger partial charge in [0.1, 0.15) is 0 Å². The number of nitrogens with zero attached hydrogens (tertiary/aromatic N) is 3. The van der Waals surface area contributed by atoms with Crippen LogP contribution in [-0.4, -0.2) is 71.7 Å². The molecule has 146 valence electrons. The van der Waals surface area contributed by atoms with Gasteiger partial charge in [-0.15, -0.1) is 11.8 Å². The molecule has 3 amide bonds. The predicted molar refractivity (Wildman–Crippen MR) is 108 cm³/mol. The standard InChI is InChI=1S/C21H29N3O2S/c25-20(16-27-19-8-7-17-5-4-6-18(17)15-19)22-11-13-24(14-12-22)21(26)23-9-2-1-3-10-23/h7-8,15H,1-6,9-14,16H2. The lowest BCUT2D eigenvalue weighted by atomic mass is 10.1. The quantitative estimate of drug-likeness (QED) is 0.749. The topological polar surface area (TPSA) is 43.9 Å². The van der Waals surface area contributed by atoms with Crippen molar-refractivity contribution in [2.45, 2.75) is 43.4 Å². The molecule has 0 unspecified atom stereocenters. The van der Waals surface area contributed by atoms with Crippen LogP contribution in [0.5, 0.6) is 0 Å². The van der Waals surface area contributed by atoms with Crippen LogP contribution in [0, 0.1) is 0 Å². The first-order valence-corrected chi connectivity index (χ1v) is 11.3. The van der Waals surface area contributed by atoms with Crippen molar-refractivity contribution in [2.75, 3.05) is 45.0 Å². The maximum Gasteiger partial charge on any atom is 0.320 e. The fourth-order valence-corrected chi connectivity index (χ4v) is 5.17. The summed E-state index contributed by atoms with van der Waals surface area (Å²) in [6, 6.07) is 6.79. The average molecular weight is 388 g/mol. The summed E-state index contributed by atoms with van der Waals surface area (Å²) in [6.45, 7) is 4.40. The Labute approximate surface area is 166 Å². The summed E-state index contributed by atoms with van der Waals surface area (Å²) in [7, 11) is 0. The molecule has 3 aliphatic rings. The van der Waals surface area contributed by atoms with E-state index in [1.54, 1.807) is 11.8 Å². The van der Waals surface area contributed by atoms with Gasteiger partial charge in [-0.1, -0.05) is 6.07 Å². The van der Waals surface area contributed by atoms with Gasteiger partial charge in [0.2, 0.25) is 5.91 Å². The van der Waals surface area contributed by atoms with E-state index in [1.807, 2.05) is 14.7 Å². The first-order valence-electron chi connectivity index (χ1n) is 10.3. The van der Waals surface area contributed by atoms with Crippen LogP contribution in [0.3, 0.4) is 0 Å². The number of aryl methyl sites for hydroxylation is 2. The molecule has 0 saturated carbocycles. The smallest absolute Gasteiger partial charge is 0.320 e. The molecule has 0 aromatic heterocycles. The van der Waals surface area contributed by atoms with E-state index in [0.29, 0.717) is 31.9 Å². The van der Waals surface area contributed by atoms with Gasteiger partial charge in [-0.05, 0) is 61.8 Å². The zero-order valence-corrected chi connectivity index (χ0v) is 16.8. The number of fused-ring (bicyclic) bond motifs is 1. The summed E-state index contributed by atoms with van der Waals surface area (Å²) in [6.07, 6.45) is 7.08. The average Bonchev–Trinajstić information content (AvgIpc) is 3.20. The summed E-state index contributed by atoms with van der Waals surface area (Å²) in [5, 5.41) is 0. The molecule has 1 aromatic rings. The van der Waals surface area contributed by atoms with Gasteiger partial charge in [0.25, 0.3) is 0 Å². The Morgan fingerprint density at radius 3 is 2.22 bits per heavy atom. The molecule has 4 rings (SSSR count). The van der Waals surface area contributed by atoms with Crippen molar-refractivity contribution in [1.82, 2.24) is 14.7 Å². The third kappa shape index (κ3) is 4.42. The number of thioether (sulfide) groups is 1. The Morgan fingerprint density at radius 1 is 0.778 bits per heavy atom. The molecule has 6 heteroatoms. The monoisotopic (exact) mass is 387 g/mol. The molecule has 2 heterocycles. The molecular formula is C21H29N3O2S. The summed E-state index contributed by atoms with van der Waals surface area (Å²) in [5.41, 5.74) is 2.93. The van der Waals surface area contributed by atoms with Crippen molar-refractivity contribution in [3.05, 3.63) is 29.3 Å². The molecule has 0 bridgehead atoms. The fourth-order valence-electron chi connectivity index (χ4n) is 4.31. The largest absolute Gasteiger partial charge is 0.338 e. The minimum absolute atomic E-state index is 0.161. The molecular weight excluding hydrogens is 358 g/mol. The molecule has 5 nitrogen and oxygen atoms in total. The summed E-state index contributed by atoms with van der Waals surface area (Å²) >= 11 is 1.64. The number of carbonyl (C=O) groups excluding carboxylic acids is 2. The highest BCUT2D eigenvalue weighted by Gasteiger charge is 2.27. The number of carbonyl (C=O) groups is 2. The minimum atomic E-state index is 0.161. The SMILES string of the molecule is O=C(CSc1ccc2c(c1)CCC2)N1CCN(C(=O)N2CCCCC2)CC1. The second-order valence-corrected chi connectivity index (χ2v) is 8.82. The van der Waals surface area contributed by atoms with Gasteiger partial charge in [0, 0.05) is 44.2 Å². The van der Waals surface area contributed by atoms with E-state index in [4.69, 9.17) is 0 Å². The van der Waals surface area contributed by atoms with Crippen LogP contribution in [0.25, 0.3) is 0 Å². The van der Waals surface area contributed by atoms with E-state index >= 15 is 0 Å². The Balaban J connectivity index is 1.23. The lowest BCUT2D eigenvalue weighted by Gasteiger charge is -2.38. The summed E-state index contributed by atoms with van der Waals surface area (Å²) in [4.78, 5) is 32.2. The molecule has 1 aliphatic carbocycles. The number of urea groups is 1. The Kier molecular flexibility index (Phi) is 5.91. The van der Waals surface area contributed by atoms with E-state index in [1.165, 1.54) is 41.7 Å². The number of hydrogen-bond acceptors (Lipinski definition) is 3. The number of amides is 3. The first-order chi connectivity index (χ1) is 13.2. The van der Waals surface area contributed by atoms with E-state index in [9.17, 15) is 9.59 Å². The molecule has 0 N–H and O–H groups in total. The molecule has 27 heavy (non-hydrogen) atoms. The molecule has 1 aromatic carbocycles. The van der Waals surface area contributed by atoms with E-state index in [-0.39, 0.29) is 11.9 Å². The lowest BCUT2D eigenvalue weighted by Crippen LogP contribution is -2.55. The second kappa shape index (κ2) is 8.55. The van der Waals surface area contributed by atoms with Crippen molar-refractivity contribution in [3.63, 3.8) is 0 Å². The number of hydrogen-bond donors (Lipinski definition) is 0. The van der Waals surface area contributed by atoms with Crippen LogP contribution in [0.2, 0.25) is 0 Å².